The molecule has 0 saturated heterocycles. The monoisotopic (exact) mass is 607 g/mol. The van der Waals surface area contributed by atoms with Crippen molar-refractivity contribution >= 4 is 27.4 Å². The fourth-order valence-electron chi connectivity index (χ4n) is 7.15. The van der Waals surface area contributed by atoms with E-state index in [2.05, 4.69) is 141 Å². The number of nitrogens with zero attached hydrogens (tertiary/aromatic N) is 3. The number of hydrogen-bond acceptors (Lipinski definition) is 2. The fraction of sp³-hybridized carbons (Fsp3) is 0.136. The summed E-state index contributed by atoms with van der Waals surface area (Å²) < 4.78 is 2.42. The van der Waals surface area contributed by atoms with Crippen molar-refractivity contribution in [2.75, 3.05) is 0 Å². The first-order valence-corrected chi connectivity index (χ1v) is 16.5. The maximum absolute atomic E-state index is 5.13. The Balaban J connectivity index is 1.24. The molecule has 0 spiro atoms. The van der Waals surface area contributed by atoms with Crippen LogP contribution in [0.4, 0.5) is 0 Å². The first kappa shape index (κ1) is 28.9. The van der Waals surface area contributed by atoms with E-state index in [1.807, 2.05) is 18.2 Å². The normalized spacial score (nSPS) is 13.0. The molecule has 0 bridgehead atoms. The van der Waals surface area contributed by atoms with Crippen molar-refractivity contribution in [3.8, 4) is 39.5 Å². The van der Waals surface area contributed by atoms with Crippen molar-refractivity contribution in [1.82, 2.24) is 14.5 Å². The van der Waals surface area contributed by atoms with Crippen LogP contribution in [0.5, 0.6) is 0 Å². The lowest BCUT2D eigenvalue weighted by Gasteiger charge is -2.19. The Bertz CT molecular complexity index is 2340. The summed E-state index contributed by atoms with van der Waals surface area (Å²) in [5.41, 5.74) is 16.4. The lowest BCUT2D eigenvalue weighted by molar-refractivity contribution is 1.03. The zero-order valence-corrected chi connectivity index (χ0v) is 27.4. The molecule has 2 aromatic heterocycles. The van der Waals surface area contributed by atoms with Gasteiger partial charge in [0.1, 0.15) is 0 Å². The third-order valence-corrected chi connectivity index (χ3v) is 9.55. The number of allylic oxidation sites excluding steroid dienone is 4. The van der Waals surface area contributed by atoms with Crippen molar-refractivity contribution in [1.29, 1.82) is 0 Å². The maximum atomic E-state index is 5.13. The van der Waals surface area contributed by atoms with Crippen molar-refractivity contribution in [3.05, 3.63) is 155 Å². The molecule has 7 aromatic rings. The third kappa shape index (κ3) is 5.09. The van der Waals surface area contributed by atoms with Crippen LogP contribution in [-0.4, -0.2) is 14.5 Å². The van der Waals surface area contributed by atoms with Crippen LogP contribution in [0.25, 0.3) is 66.8 Å². The Kier molecular flexibility index (Phi) is 7.18. The number of fused-ring (bicyclic) bond motifs is 3. The van der Waals surface area contributed by atoms with E-state index in [1.165, 1.54) is 60.9 Å². The topological polar surface area (TPSA) is 30.7 Å². The highest BCUT2D eigenvalue weighted by atomic mass is 15.0. The molecule has 1 aliphatic rings. The molecule has 228 valence electrons. The van der Waals surface area contributed by atoms with E-state index in [4.69, 9.17) is 9.97 Å². The minimum Gasteiger partial charge on any atom is -0.309 e. The zero-order chi connectivity index (χ0) is 32.1. The third-order valence-electron chi connectivity index (χ3n) is 9.55. The summed E-state index contributed by atoms with van der Waals surface area (Å²) in [4.78, 5) is 10.2. The van der Waals surface area contributed by atoms with Crippen LogP contribution in [0.1, 0.15) is 40.8 Å². The minimum absolute atomic E-state index is 0.756. The Hall–Kier alpha value is -5.54. The zero-order valence-electron chi connectivity index (χ0n) is 27.4. The van der Waals surface area contributed by atoms with E-state index in [1.54, 1.807) is 0 Å². The smallest absolute Gasteiger partial charge is 0.160 e. The number of benzene rings is 5. The summed E-state index contributed by atoms with van der Waals surface area (Å²) in [6, 6.07) is 39.3. The number of aromatic nitrogens is 3. The van der Waals surface area contributed by atoms with E-state index in [9.17, 15) is 0 Å². The van der Waals surface area contributed by atoms with Gasteiger partial charge in [-0.05, 0) is 116 Å². The highest BCUT2D eigenvalue weighted by molar-refractivity contribution is 6.09. The van der Waals surface area contributed by atoms with E-state index < -0.39 is 0 Å². The minimum atomic E-state index is 0.756. The second kappa shape index (κ2) is 11.7. The molecule has 0 unspecified atom stereocenters. The van der Waals surface area contributed by atoms with Crippen molar-refractivity contribution in [2.24, 2.45) is 0 Å². The van der Waals surface area contributed by atoms with Gasteiger partial charge in [-0.15, -0.1) is 0 Å². The van der Waals surface area contributed by atoms with Gasteiger partial charge in [-0.25, -0.2) is 9.97 Å². The van der Waals surface area contributed by atoms with E-state index >= 15 is 0 Å². The van der Waals surface area contributed by atoms with Gasteiger partial charge >= 0.3 is 0 Å². The predicted octanol–water partition coefficient (Wildman–Crippen LogP) is 11.5. The van der Waals surface area contributed by atoms with Gasteiger partial charge in [0.15, 0.2) is 5.82 Å². The van der Waals surface area contributed by atoms with Crippen molar-refractivity contribution in [2.45, 2.75) is 40.5 Å². The molecule has 0 atom stereocenters. The summed E-state index contributed by atoms with van der Waals surface area (Å²) in [5, 5.41) is 2.57. The SMILES string of the molecule is Cc1cc(-c2cc(C)c(-n3c4ccccc4c4ccccc43)cc2C)c(C)cc1-c1cc(C2=CCCC=C2)nc(-c2ccccc2)n1. The molecule has 1 aliphatic carbocycles. The van der Waals surface area contributed by atoms with Crippen LogP contribution in [0.3, 0.4) is 0 Å². The maximum Gasteiger partial charge on any atom is 0.160 e. The Morgan fingerprint density at radius 2 is 1.11 bits per heavy atom. The van der Waals surface area contributed by atoms with Gasteiger partial charge < -0.3 is 4.57 Å². The van der Waals surface area contributed by atoms with Crippen LogP contribution in [0.15, 0.2) is 127 Å². The second-order valence-electron chi connectivity index (χ2n) is 12.8. The van der Waals surface area contributed by atoms with Gasteiger partial charge in [-0.3, -0.25) is 0 Å². The molecule has 8 rings (SSSR count). The molecular formula is C44H37N3. The van der Waals surface area contributed by atoms with Crippen LogP contribution >= 0.6 is 0 Å². The van der Waals surface area contributed by atoms with Gasteiger partial charge in [-0.2, -0.15) is 0 Å². The van der Waals surface area contributed by atoms with Crippen LogP contribution < -0.4 is 0 Å². The van der Waals surface area contributed by atoms with Gasteiger partial charge in [0.05, 0.1) is 22.4 Å². The van der Waals surface area contributed by atoms with E-state index in [0.717, 1.165) is 46.8 Å². The van der Waals surface area contributed by atoms with Crippen molar-refractivity contribution < 1.29 is 0 Å². The molecule has 0 aliphatic heterocycles. The molecular weight excluding hydrogens is 571 g/mol. The molecule has 47 heavy (non-hydrogen) atoms. The Labute approximate surface area is 276 Å². The highest BCUT2D eigenvalue weighted by Crippen LogP contribution is 2.38. The van der Waals surface area contributed by atoms with Crippen LogP contribution in [0.2, 0.25) is 0 Å². The first-order chi connectivity index (χ1) is 23.0. The average molecular weight is 608 g/mol. The summed E-state index contributed by atoms with van der Waals surface area (Å²) in [7, 11) is 0. The molecule has 2 heterocycles. The lowest BCUT2D eigenvalue weighted by Crippen LogP contribution is -2.01. The summed E-state index contributed by atoms with van der Waals surface area (Å²) in [6.45, 7) is 8.90. The lowest BCUT2D eigenvalue weighted by atomic mass is 9.90. The summed E-state index contributed by atoms with van der Waals surface area (Å²) in [5.74, 6) is 0.756. The molecule has 0 amide bonds. The largest absolute Gasteiger partial charge is 0.309 e. The molecule has 3 nitrogen and oxygen atoms in total. The van der Waals surface area contributed by atoms with Gasteiger partial charge in [-0.1, -0.05) is 91.0 Å². The van der Waals surface area contributed by atoms with Crippen LogP contribution in [-0.2, 0) is 0 Å². The van der Waals surface area contributed by atoms with E-state index in [-0.39, 0.29) is 0 Å². The first-order valence-electron chi connectivity index (χ1n) is 16.5. The highest BCUT2D eigenvalue weighted by Gasteiger charge is 2.18. The molecule has 0 radical (unpaired) electrons. The van der Waals surface area contributed by atoms with E-state index in [0.29, 0.717) is 0 Å². The molecule has 0 fully saturated rings. The molecule has 3 heteroatoms. The standard InChI is InChI=1S/C44H37N3/c1-28-24-38(40-27-39(32-15-7-5-8-16-32)45-44(46-40)33-17-9-6-10-18-33)29(2)23-36(28)37-25-31(4)43(26-30(37)3)47-41-21-13-11-19-34(41)35-20-12-14-22-42(35)47/h6-7,9-27H,5,8H2,1-4H3. The molecule has 0 N–H and O–H groups in total. The Morgan fingerprint density at radius 3 is 1.79 bits per heavy atom. The van der Waals surface area contributed by atoms with Crippen molar-refractivity contribution in [3.63, 3.8) is 0 Å². The molecule has 0 saturated carbocycles. The number of hydrogen-bond donors (Lipinski definition) is 0. The number of aryl methyl sites for hydroxylation is 4. The number of para-hydroxylation sites is 2. The quantitative estimate of drug-likeness (QED) is 0.195. The number of rotatable bonds is 5. The summed E-state index contributed by atoms with van der Waals surface area (Å²) in [6.07, 6.45) is 8.83. The Morgan fingerprint density at radius 1 is 0.532 bits per heavy atom. The van der Waals surface area contributed by atoms with Gasteiger partial charge in [0.25, 0.3) is 0 Å². The van der Waals surface area contributed by atoms with Gasteiger partial charge in [0, 0.05) is 27.6 Å². The summed E-state index contributed by atoms with van der Waals surface area (Å²) >= 11 is 0. The second-order valence-corrected chi connectivity index (χ2v) is 12.8. The molecule has 5 aromatic carbocycles. The average Bonchev–Trinajstić information content (AvgIpc) is 3.45. The fourth-order valence-corrected chi connectivity index (χ4v) is 7.15. The van der Waals surface area contributed by atoms with Gasteiger partial charge in [0.2, 0.25) is 0 Å². The predicted molar refractivity (Wildman–Crippen MR) is 198 cm³/mol. The van der Waals surface area contributed by atoms with Crippen LogP contribution in [0, 0.1) is 27.7 Å².